The van der Waals surface area contributed by atoms with E-state index >= 15 is 0 Å². The molecule has 0 fully saturated rings. The summed E-state index contributed by atoms with van der Waals surface area (Å²) < 4.78 is 0. The third-order valence-electron chi connectivity index (χ3n) is 15.1. The van der Waals surface area contributed by atoms with Gasteiger partial charge in [-0.25, -0.2) is 0 Å². The van der Waals surface area contributed by atoms with Crippen LogP contribution in [-0.2, 0) is 0 Å². The molecule has 0 amide bonds. The predicted octanol–water partition coefficient (Wildman–Crippen LogP) is 20.5. The molecule has 0 radical (unpaired) electrons. The van der Waals surface area contributed by atoms with Crippen LogP contribution in [0, 0.1) is 27.7 Å². The fourth-order valence-electron chi connectivity index (χ4n) is 11.6. The van der Waals surface area contributed by atoms with E-state index in [9.17, 15) is 0 Å². The minimum atomic E-state index is 1.18. The van der Waals surface area contributed by atoms with E-state index in [4.69, 9.17) is 0 Å². The number of hydrogen-bond donors (Lipinski definition) is 0. The molecule has 0 unspecified atom stereocenters. The monoisotopic (exact) mass is 916 g/mol. The summed E-state index contributed by atoms with van der Waals surface area (Å²) in [6.07, 6.45) is 0. The van der Waals surface area contributed by atoms with Gasteiger partial charge in [0.15, 0.2) is 10.8 Å². The molecule has 0 N–H and O–H groups in total. The zero-order valence-electron chi connectivity index (χ0n) is 41.1. The van der Waals surface area contributed by atoms with Crippen LogP contribution in [0.3, 0.4) is 0 Å². The fourth-order valence-corrected chi connectivity index (χ4v) is 11.6. The Kier molecular flexibility index (Phi) is 10.5. The molecular formula is C72H52+4. The van der Waals surface area contributed by atoms with E-state index in [2.05, 4.69) is 270 Å². The molecule has 0 aliphatic rings. The number of rotatable bonds is 4. The molecule has 8 bridgehead atoms. The predicted molar refractivity (Wildman–Crippen MR) is 314 cm³/mol. The van der Waals surface area contributed by atoms with E-state index in [1.165, 1.54) is 153 Å². The lowest BCUT2D eigenvalue weighted by Gasteiger charge is -2.03. The Labute approximate surface area is 421 Å². The highest BCUT2D eigenvalue weighted by Gasteiger charge is 2.29. The molecule has 0 aliphatic carbocycles. The second-order valence-electron chi connectivity index (χ2n) is 19.8. The molecule has 0 heterocycles. The highest BCUT2D eigenvalue weighted by atomic mass is 14.2. The summed E-state index contributed by atoms with van der Waals surface area (Å²) in [5, 5.41) is 19.4. The molecule has 72 heavy (non-hydrogen) atoms. The topological polar surface area (TPSA) is 0 Å². The zero-order chi connectivity index (χ0) is 48.5. The third-order valence-corrected chi connectivity index (χ3v) is 15.1. The Bertz CT molecular complexity index is 3670. The van der Waals surface area contributed by atoms with Gasteiger partial charge < -0.3 is 0 Å². The second-order valence-corrected chi connectivity index (χ2v) is 19.8. The van der Waals surface area contributed by atoms with Crippen molar-refractivity contribution in [3.8, 4) is 44.5 Å². The van der Waals surface area contributed by atoms with E-state index in [0.717, 1.165) is 0 Å². The Hall–Kier alpha value is -8.84. The molecule has 0 saturated heterocycles. The SMILES string of the molecule is Cc1ccc(-c2c3cc(c(-c4ccc(C)cc4)c4cc(c(-c5ccc(C)cc5)c5[cH+]c(c(-c6ccc(C)cc6)c6[cH+]c2c2cccccc62)c2cc[cH+]ccc52)c2ccccc[c+]42)c2cccccc32)cc1. The first-order chi connectivity index (χ1) is 35.4. The van der Waals surface area contributed by atoms with Gasteiger partial charge in [-0.3, -0.25) is 0 Å². The largest absolute Gasteiger partial charge is 0.154 e. The molecule has 0 heteroatoms. The summed E-state index contributed by atoms with van der Waals surface area (Å²) in [7, 11) is 0. The molecule has 0 spiro atoms. The second kappa shape index (κ2) is 17.5. The summed E-state index contributed by atoms with van der Waals surface area (Å²) in [5.41, 5.74) is 14.5. The number of aryl methyl sites for hydroxylation is 4. The van der Waals surface area contributed by atoms with E-state index in [-0.39, 0.29) is 0 Å². The molecule has 0 aliphatic heterocycles. The average molecular weight is 917 g/mol. The van der Waals surface area contributed by atoms with Gasteiger partial charge in [0.2, 0.25) is 0 Å². The van der Waals surface area contributed by atoms with Gasteiger partial charge >= 0.3 is 0 Å². The van der Waals surface area contributed by atoms with Crippen LogP contribution >= 0.6 is 0 Å². The molecule has 13 aromatic rings. The van der Waals surface area contributed by atoms with Crippen LogP contribution in [-0.4, -0.2) is 0 Å². The Morgan fingerprint density at radius 3 is 1.15 bits per heavy atom. The van der Waals surface area contributed by atoms with Crippen molar-refractivity contribution in [2.24, 2.45) is 0 Å². The molecule has 0 atom stereocenters. The molecule has 13 aromatic carbocycles. The van der Waals surface area contributed by atoms with Crippen molar-refractivity contribution < 1.29 is 0 Å². The molecular weight excluding hydrogens is 865 g/mol. The average Bonchev–Trinajstić information content (AvgIpc) is 3.79. The lowest BCUT2D eigenvalue weighted by molar-refractivity contribution is 1.48. The fraction of sp³-hybridized carbons (Fsp3) is 0.0556. The standard InChI is InChI=1S/C72H52/c1-45-25-33-49(34-26-45)69-61-41-63(55-19-11-5-9-17-53(55)61)70(50-35-27-46(2)28-36-50)65-43-67(59-23-15-7-13-21-57(59)65)72(52-39-31-48(4)32-40-52)68-44-66(58-22-14-8-16-24-60(58)68)71(51-37-29-47(3)30-38-51)64-42-62(69)54-18-10-6-12-20-56(54)64/h5-44H,1-4H3/q+4. The highest BCUT2D eigenvalue weighted by molar-refractivity contribution is 6.32. The van der Waals surface area contributed by atoms with E-state index in [0.29, 0.717) is 0 Å². The molecule has 336 valence electrons. The molecule has 0 saturated carbocycles. The number of hydrogen-bond acceptors (Lipinski definition) is 0. The Morgan fingerprint density at radius 1 is 0.278 bits per heavy atom. The molecule has 0 aromatic heterocycles. The maximum absolute atomic E-state index is 2.52. The lowest BCUT2D eigenvalue weighted by Crippen LogP contribution is -1.81. The number of benzene rings is 4. The smallest absolute Gasteiger partial charge is 0.0622 e. The normalized spacial score (nSPS) is 11.6. The van der Waals surface area contributed by atoms with Crippen LogP contribution in [0.1, 0.15) is 22.3 Å². The van der Waals surface area contributed by atoms with Gasteiger partial charge in [-0.2, -0.15) is 0 Å². The first kappa shape index (κ1) is 43.2. The zero-order valence-corrected chi connectivity index (χ0v) is 41.1. The Balaban J connectivity index is 1.44. The van der Waals surface area contributed by atoms with Crippen molar-refractivity contribution >= 4 is 86.2 Å². The van der Waals surface area contributed by atoms with Gasteiger partial charge in [-0.15, -0.1) is 0 Å². The van der Waals surface area contributed by atoms with Gasteiger partial charge in [0.05, 0.1) is 84.2 Å². The highest BCUT2D eigenvalue weighted by Crippen LogP contribution is 2.49. The summed E-state index contributed by atoms with van der Waals surface area (Å²) in [6.45, 7) is 8.74. The van der Waals surface area contributed by atoms with E-state index in [1.54, 1.807) is 0 Å². The Morgan fingerprint density at radius 2 is 0.653 bits per heavy atom. The quantitative estimate of drug-likeness (QED) is 0.154. The van der Waals surface area contributed by atoms with Crippen LogP contribution in [0.2, 0.25) is 0 Å². The minimum Gasteiger partial charge on any atom is -0.0622 e. The van der Waals surface area contributed by atoms with Crippen LogP contribution < -0.4 is 0 Å². The van der Waals surface area contributed by atoms with Gasteiger partial charge in [0.25, 0.3) is 0 Å². The molecule has 13 rings (SSSR count). The van der Waals surface area contributed by atoms with Crippen molar-refractivity contribution in [3.63, 3.8) is 0 Å². The van der Waals surface area contributed by atoms with Gasteiger partial charge in [0, 0.05) is 63.4 Å². The first-order valence-electron chi connectivity index (χ1n) is 25.2. The van der Waals surface area contributed by atoms with Gasteiger partial charge in [0.1, 0.15) is 16.2 Å². The summed E-state index contributed by atoms with van der Waals surface area (Å²) >= 11 is 0. The van der Waals surface area contributed by atoms with Crippen molar-refractivity contribution in [2.75, 3.05) is 0 Å². The van der Waals surface area contributed by atoms with E-state index < -0.39 is 0 Å². The van der Waals surface area contributed by atoms with Crippen molar-refractivity contribution in [1.82, 2.24) is 0 Å². The third kappa shape index (κ3) is 7.21. The summed E-state index contributed by atoms with van der Waals surface area (Å²) in [5.74, 6) is 0. The first-order valence-corrected chi connectivity index (χ1v) is 25.2. The van der Waals surface area contributed by atoms with Crippen molar-refractivity contribution in [3.05, 3.63) is 265 Å². The van der Waals surface area contributed by atoms with Crippen LogP contribution in [0.4, 0.5) is 0 Å². The van der Waals surface area contributed by atoms with Crippen LogP contribution in [0.15, 0.2) is 243 Å². The van der Waals surface area contributed by atoms with E-state index in [1.807, 2.05) is 0 Å². The maximum Gasteiger partial charge on any atom is 0.154 e. The van der Waals surface area contributed by atoms with Crippen molar-refractivity contribution in [2.45, 2.75) is 27.7 Å². The molecule has 0 nitrogen and oxygen atoms in total. The summed E-state index contributed by atoms with van der Waals surface area (Å²) in [4.78, 5) is 0. The maximum atomic E-state index is 2.52. The van der Waals surface area contributed by atoms with Crippen molar-refractivity contribution in [1.29, 1.82) is 0 Å². The van der Waals surface area contributed by atoms with Gasteiger partial charge in [-0.1, -0.05) is 119 Å². The lowest BCUT2D eigenvalue weighted by atomic mass is 9.96. The van der Waals surface area contributed by atoms with Crippen LogP contribution in [0.25, 0.3) is 131 Å². The minimum absolute atomic E-state index is 1.18. The summed E-state index contributed by atoms with van der Waals surface area (Å²) in [6, 6.07) is 92.0. The van der Waals surface area contributed by atoms with Crippen LogP contribution in [0.5, 0.6) is 0 Å². The van der Waals surface area contributed by atoms with Gasteiger partial charge in [-0.05, 0) is 129 Å².